The molecule has 1 aromatic carbocycles. The topological polar surface area (TPSA) is 38.3 Å². The molecule has 1 rings (SSSR count). The van der Waals surface area contributed by atoms with Gasteiger partial charge in [-0.2, -0.15) is 0 Å². The van der Waals surface area contributed by atoms with Gasteiger partial charge in [-0.1, -0.05) is 30.3 Å². The minimum Gasteiger partial charge on any atom is -0.445 e. The van der Waals surface area contributed by atoms with Crippen LogP contribution in [0.25, 0.3) is 0 Å². The van der Waals surface area contributed by atoms with Gasteiger partial charge in [-0.3, -0.25) is 0 Å². The van der Waals surface area contributed by atoms with Gasteiger partial charge in [-0.25, -0.2) is 4.79 Å². The van der Waals surface area contributed by atoms with E-state index in [0.29, 0.717) is 0 Å². The number of alkyl halides is 1. The first-order valence-electron chi connectivity index (χ1n) is 3.83. The largest absolute Gasteiger partial charge is 0.445 e. The second-order valence-electron chi connectivity index (χ2n) is 2.37. The lowest BCUT2D eigenvalue weighted by atomic mass is 10.2. The lowest BCUT2D eigenvalue weighted by Crippen LogP contribution is -2.22. The summed E-state index contributed by atoms with van der Waals surface area (Å²) in [6.07, 6.45) is -0.501. The van der Waals surface area contributed by atoms with Gasteiger partial charge in [0.1, 0.15) is 6.61 Å². The first-order chi connectivity index (χ1) is 6.33. The second-order valence-corrected chi connectivity index (χ2v) is 2.64. The van der Waals surface area contributed by atoms with Crippen molar-refractivity contribution in [1.82, 2.24) is 5.32 Å². The normalized spacial score (nSPS) is 9.31. The van der Waals surface area contributed by atoms with Crippen LogP contribution in [0, 0.1) is 0 Å². The van der Waals surface area contributed by atoms with Gasteiger partial charge in [0, 0.05) is 0 Å². The van der Waals surface area contributed by atoms with E-state index in [-0.39, 0.29) is 12.6 Å². The van der Waals surface area contributed by atoms with Crippen molar-refractivity contribution < 1.29 is 9.53 Å². The molecule has 0 fully saturated rings. The van der Waals surface area contributed by atoms with E-state index >= 15 is 0 Å². The highest BCUT2D eigenvalue weighted by atomic mass is 35.5. The Labute approximate surface area is 81.7 Å². The van der Waals surface area contributed by atoms with E-state index in [9.17, 15) is 4.79 Å². The number of amides is 1. The molecule has 0 bridgehead atoms. The Kier molecular flexibility index (Phi) is 4.12. The molecule has 0 aliphatic heterocycles. The molecule has 1 aromatic rings. The predicted octanol–water partition coefficient (Wildman–Crippen LogP) is 2.11. The van der Waals surface area contributed by atoms with Gasteiger partial charge in [0.2, 0.25) is 0 Å². The minimum atomic E-state index is -0.501. The van der Waals surface area contributed by atoms with Gasteiger partial charge in [-0.05, 0) is 5.56 Å². The maximum atomic E-state index is 10.8. The molecule has 1 amide bonds. The summed E-state index contributed by atoms with van der Waals surface area (Å²) >= 11 is 5.27. The van der Waals surface area contributed by atoms with E-state index in [1.54, 1.807) is 0 Å². The summed E-state index contributed by atoms with van der Waals surface area (Å²) in [6.45, 7) is 0.267. The zero-order chi connectivity index (χ0) is 9.52. The predicted molar refractivity (Wildman–Crippen MR) is 50.5 cm³/mol. The highest BCUT2D eigenvalue weighted by Gasteiger charge is 1.99. The van der Waals surface area contributed by atoms with Crippen molar-refractivity contribution in [2.45, 2.75) is 6.61 Å². The number of carbonyl (C=O) groups excluding carboxylic acids is 1. The van der Waals surface area contributed by atoms with Crippen LogP contribution in [-0.4, -0.2) is 12.1 Å². The molecule has 0 aliphatic rings. The van der Waals surface area contributed by atoms with Gasteiger partial charge in [0.15, 0.2) is 0 Å². The van der Waals surface area contributed by atoms with Gasteiger partial charge in [-0.15, -0.1) is 11.6 Å². The fourth-order valence-corrected chi connectivity index (χ4v) is 0.938. The number of rotatable bonds is 3. The number of hydrogen-bond donors (Lipinski definition) is 1. The highest BCUT2D eigenvalue weighted by Crippen LogP contribution is 2.00. The van der Waals surface area contributed by atoms with Gasteiger partial charge in [0.25, 0.3) is 0 Å². The fourth-order valence-electron chi connectivity index (χ4n) is 0.829. The first kappa shape index (κ1) is 9.86. The molecular formula is C9H10ClNO2. The van der Waals surface area contributed by atoms with Crippen molar-refractivity contribution in [3.8, 4) is 0 Å². The standard InChI is InChI=1S/C9H10ClNO2/c10-7-11-9(12)13-6-8-4-2-1-3-5-8/h1-5H,6-7H2,(H,11,12). The quantitative estimate of drug-likeness (QED) is 0.598. The smallest absolute Gasteiger partial charge is 0.408 e. The van der Waals surface area contributed by atoms with E-state index < -0.39 is 6.09 Å². The van der Waals surface area contributed by atoms with Crippen LogP contribution in [0.15, 0.2) is 30.3 Å². The van der Waals surface area contributed by atoms with Gasteiger partial charge >= 0.3 is 6.09 Å². The maximum absolute atomic E-state index is 10.8. The number of ether oxygens (including phenoxy) is 1. The van der Waals surface area contributed by atoms with E-state index in [0.717, 1.165) is 5.56 Å². The monoisotopic (exact) mass is 199 g/mol. The number of hydrogen-bond acceptors (Lipinski definition) is 2. The zero-order valence-electron chi connectivity index (χ0n) is 7.00. The molecule has 13 heavy (non-hydrogen) atoms. The summed E-state index contributed by atoms with van der Waals surface area (Å²) in [4.78, 5) is 10.8. The summed E-state index contributed by atoms with van der Waals surface area (Å²) in [5.74, 6) is 0. The SMILES string of the molecule is O=C(NCCl)OCc1ccccc1. The number of nitrogens with one attached hydrogen (secondary N) is 1. The lowest BCUT2D eigenvalue weighted by Gasteiger charge is -2.03. The third-order valence-corrected chi connectivity index (χ3v) is 1.56. The number of halogens is 1. The molecule has 4 heteroatoms. The van der Waals surface area contributed by atoms with Crippen LogP contribution in [0.5, 0.6) is 0 Å². The molecule has 0 atom stereocenters. The second kappa shape index (κ2) is 5.43. The third kappa shape index (κ3) is 3.80. The molecule has 0 saturated heterocycles. The van der Waals surface area contributed by atoms with E-state index in [1.807, 2.05) is 30.3 Å². The Bertz CT molecular complexity index is 264. The van der Waals surface area contributed by atoms with E-state index in [4.69, 9.17) is 16.3 Å². The van der Waals surface area contributed by atoms with Crippen molar-refractivity contribution in [2.75, 3.05) is 6.00 Å². The molecule has 0 spiro atoms. The Morgan fingerprint density at radius 2 is 2.08 bits per heavy atom. The summed E-state index contributed by atoms with van der Waals surface area (Å²) in [5, 5.41) is 2.32. The molecule has 70 valence electrons. The fraction of sp³-hybridized carbons (Fsp3) is 0.222. The Morgan fingerprint density at radius 3 is 2.69 bits per heavy atom. The Hall–Kier alpha value is -1.22. The van der Waals surface area contributed by atoms with Crippen molar-refractivity contribution in [1.29, 1.82) is 0 Å². The van der Waals surface area contributed by atoms with Crippen molar-refractivity contribution in [2.24, 2.45) is 0 Å². The summed E-state index contributed by atoms with van der Waals surface area (Å²) in [7, 11) is 0. The van der Waals surface area contributed by atoms with Crippen LogP contribution in [0.3, 0.4) is 0 Å². The number of alkyl carbamates (subject to hydrolysis) is 1. The van der Waals surface area contributed by atoms with Crippen LogP contribution in [0.1, 0.15) is 5.56 Å². The van der Waals surface area contributed by atoms with Crippen LogP contribution < -0.4 is 5.32 Å². The lowest BCUT2D eigenvalue weighted by molar-refractivity contribution is 0.141. The summed E-state index contributed by atoms with van der Waals surface area (Å²) in [6, 6.07) is 9.51. The first-order valence-corrected chi connectivity index (χ1v) is 4.37. The van der Waals surface area contributed by atoms with Crippen molar-refractivity contribution >= 4 is 17.7 Å². The number of benzene rings is 1. The van der Waals surface area contributed by atoms with Gasteiger partial charge < -0.3 is 10.1 Å². The molecule has 3 nitrogen and oxygen atoms in total. The highest BCUT2D eigenvalue weighted by molar-refractivity contribution is 6.18. The molecular weight excluding hydrogens is 190 g/mol. The number of carbonyl (C=O) groups is 1. The molecule has 0 saturated carbocycles. The minimum absolute atomic E-state index is 0.0631. The Morgan fingerprint density at radius 1 is 1.38 bits per heavy atom. The average molecular weight is 200 g/mol. The van der Waals surface area contributed by atoms with E-state index in [1.165, 1.54) is 0 Å². The summed E-state index contributed by atoms with van der Waals surface area (Å²) in [5.41, 5.74) is 0.951. The van der Waals surface area contributed by atoms with Crippen molar-refractivity contribution in [3.05, 3.63) is 35.9 Å². The molecule has 0 heterocycles. The molecule has 0 unspecified atom stereocenters. The van der Waals surface area contributed by atoms with E-state index in [2.05, 4.69) is 5.32 Å². The molecule has 0 aliphatic carbocycles. The molecule has 0 aromatic heterocycles. The molecule has 0 radical (unpaired) electrons. The Balaban J connectivity index is 2.31. The average Bonchev–Trinajstić information content (AvgIpc) is 2.17. The van der Waals surface area contributed by atoms with Crippen molar-refractivity contribution in [3.63, 3.8) is 0 Å². The van der Waals surface area contributed by atoms with Crippen LogP contribution in [0.2, 0.25) is 0 Å². The van der Waals surface area contributed by atoms with Gasteiger partial charge in [0.05, 0.1) is 6.00 Å². The van der Waals surface area contributed by atoms with Crippen LogP contribution in [-0.2, 0) is 11.3 Å². The third-order valence-electron chi connectivity index (χ3n) is 1.42. The van der Waals surface area contributed by atoms with Crippen LogP contribution >= 0.6 is 11.6 Å². The van der Waals surface area contributed by atoms with Crippen LogP contribution in [0.4, 0.5) is 4.79 Å². The summed E-state index contributed by atoms with van der Waals surface area (Å²) < 4.78 is 4.83. The zero-order valence-corrected chi connectivity index (χ0v) is 7.75. The molecule has 1 N–H and O–H groups in total. The maximum Gasteiger partial charge on any atom is 0.408 e.